The van der Waals surface area contributed by atoms with Crippen LogP contribution in [0.15, 0.2) is 18.2 Å². The van der Waals surface area contributed by atoms with Crippen LogP contribution in [0.2, 0.25) is 0 Å². The van der Waals surface area contributed by atoms with Crippen LogP contribution in [-0.4, -0.2) is 62.1 Å². The number of benzene rings is 1. The summed E-state index contributed by atoms with van der Waals surface area (Å²) in [6, 6.07) is 5.73. The van der Waals surface area contributed by atoms with Gasteiger partial charge in [0.2, 0.25) is 0 Å². The van der Waals surface area contributed by atoms with E-state index in [0.29, 0.717) is 23.1 Å². The number of nitrogens with zero attached hydrogens (tertiary/aromatic N) is 2. The molecule has 0 aliphatic carbocycles. The molecule has 0 saturated carbocycles. The largest absolute Gasteiger partial charge is 0.497 e. The molecule has 0 radical (unpaired) electrons. The minimum absolute atomic E-state index is 0.0869. The molecule has 1 aromatic carbocycles. The van der Waals surface area contributed by atoms with Crippen LogP contribution >= 0.6 is 0 Å². The Hall–Kier alpha value is -1.75. The van der Waals surface area contributed by atoms with Crippen molar-refractivity contribution in [1.82, 2.24) is 9.80 Å². The molecule has 1 aromatic rings. The second kappa shape index (κ2) is 7.21. The fraction of sp³-hybridized carbons (Fsp3) is 0.611. The van der Waals surface area contributed by atoms with Crippen molar-refractivity contribution >= 4 is 5.91 Å². The second-order valence-electron chi connectivity index (χ2n) is 6.40. The first-order chi connectivity index (χ1) is 11.2. The van der Waals surface area contributed by atoms with E-state index in [4.69, 9.17) is 9.47 Å². The van der Waals surface area contributed by atoms with Gasteiger partial charge in [-0.3, -0.25) is 4.79 Å². The van der Waals surface area contributed by atoms with E-state index in [-0.39, 0.29) is 5.91 Å². The molecule has 0 unspecified atom stereocenters. The van der Waals surface area contributed by atoms with Gasteiger partial charge in [-0.15, -0.1) is 0 Å². The van der Waals surface area contributed by atoms with Crippen molar-refractivity contribution < 1.29 is 14.3 Å². The Balaban J connectivity index is 1.75. The van der Waals surface area contributed by atoms with Gasteiger partial charge in [-0.2, -0.15) is 0 Å². The molecule has 2 aliphatic heterocycles. The molecule has 1 amide bonds. The number of amides is 1. The third kappa shape index (κ3) is 3.61. The highest BCUT2D eigenvalue weighted by Crippen LogP contribution is 2.27. The van der Waals surface area contributed by atoms with Crippen LogP contribution in [0.5, 0.6) is 11.5 Å². The fourth-order valence-corrected chi connectivity index (χ4v) is 3.65. The Kier molecular flexibility index (Phi) is 5.06. The molecule has 0 spiro atoms. The van der Waals surface area contributed by atoms with Crippen LogP contribution < -0.4 is 9.47 Å². The van der Waals surface area contributed by atoms with Crippen LogP contribution in [0, 0.1) is 0 Å². The second-order valence-corrected chi connectivity index (χ2v) is 6.40. The topological polar surface area (TPSA) is 42.0 Å². The van der Waals surface area contributed by atoms with Crippen molar-refractivity contribution in [3.63, 3.8) is 0 Å². The van der Waals surface area contributed by atoms with Crippen molar-refractivity contribution in [3.8, 4) is 11.5 Å². The average Bonchev–Trinajstić information content (AvgIpc) is 3.26. The zero-order chi connectivity index (χ0) is 16.2. The summed E-state index contributed by atoms with van der Waals surface area (Å²) in [7, 11) is 3.21. The van der Waals surface area contributed by atoms with Crippen LogP contribution in [0.4, 0.5) is 0 Å². The van der Waals surface area contributed by atoms with E-state index in [9.17, 15) is 4.79 Å². The molecule has 1 atom stereocenters. The zero-order valence-corrected chi connectivity index (χ0v) is 14.1. The highest BCUT2D eigenvalue weighted by atomic mass is 16.5. The van der Waals surface area contributed by atoms with Gasteiger partial charge in [0.25, 0.3) is 5.91 Å². The molecule has 2 saturated heterocycles. The first kappa shape index (κ1) is 16.1. The molecule has 126 valence electrons. The first-order valence-corrected chi connectivity index (χ1v) is 8.47. The van der Waals surface area contributed by atoms with Crippen LogP contribution in [0.1, 0.15) is 36.0 Å². The van der Waals surface area contributed by atoms with E-state index in [1.165, 1.54) is 25.9 Å². The fourth-order valence-electron chi connectivity index (χ4n) is 3.65. The molecule has 5 nitrogen and oxygen atoms in total. The number of hydrogen-bond acceptors (Lipinski definition) is 4. The van der Waals surface area contributed by atoms with Gasteiger partial charge in [-0.1, -0.05) is 0 Å². The predicted molar refractivity (Wildman–Crippen MR) is 89.3 cm³/mol. The summed E-state index contributed by atoms with van der Waals surface area (Å²) in [5, 5.41) is 0. The first-order valence-electron chi connectivity index (χ1n) is 8.47. The standard InChI is InChI=1S/C18H26N2O3/c1-22-16-10-14(11-17(12-16)23-2)18(21)20-9-5-6-15(20)13-19-7-3-4-8-19/h10-12,15H,3-9,13H2,1-2H3/t15-/m0/s1. The lowest BCUT2D eigenvalue weighted by molar-refractivity contribution is 0.0708. The minimum Gasteiger partial charge on any atom is -0.497 e. The minimum atomic E-state index is 0.0869. The van der Waals surface area contributed by atoms with Crippen molar-refractivity contribution in [2.45, 2.75) is 31.7 Å². The number of ether oxygens (including phenoxy) is 2. The van der Waals surface area contributed by atoms with Crippen molar-refractivity contribution in [2.75, 3.05) is 40.4 Å². The summed E-state index contributed by atoms with van der Waals surface area (Å²) in [6.45, 7) is 4.20. The van der Waals surface area contributed by atoms with E-state index in [2.05, 4.69) is 4.90 Å². The molecule has 2 aliphatic rings. The van der Waals surface area contributed by atoms with Gasteiger partial charge in [-0.25, -0.2) is 0 Å². The Morgan fingerprint density at radius 2 is 1.70 bits per heavy atom. The molecule has 5 heteroatoms. The third-order valence-corrected chi connectivity index (χ3v) is 4.90. The number of methoxy groups -OCH3 is 2. The molecule has 0 bridgehead atoms. The number of rotatable bonds is 5. The summed E-state index contributed by atoms with van der Waals surface area (Å²) < 4.78 is 10.6. The summed E-state index contributed by atoms with van der Waals surface area (Å²) in [5.74, 6) is 1.40. The normalized spacial score (nSPS) is 21.7. The van der Waals surface area contributed by atoms with Gasteiger partial charge in [0.15, 0.2) is 0 Å². The van der Waals surface area contributed by atoms with E-state index < -0.39 is 0 Å². The molecule has 23 heavy (non-hydrogen) atoms. The van der Waals surface area contributed by atoms with Crippen LogP contribution in [0.3, 0.4) is 0 Å². The Bertz CT molecular complexity index is 533. The molecular formula is C18H26N2O3. The number of carbonyl (C=O) groups is 1. The van der Waals surface area contributed by atoms with E-state index in [0.717, 1.165) is 25.9 Å². The predicted octanol–water partition coefficient (Wildman–Crippen LogP) is 2.40. The molecular weight excluding hydrogens is 292 g/mol. The third-order valence-electron chi connectivity index (χ3n) is 4.90. The quantitative estimate of drug-likeness (QED) is 0.836. The van der Waals surface area contributed by atoms with Crippen molar-refractivity contribution in [3.05, 3.63) is 23.8 Å². The Labute approximate surface area is 138 Å². The van der Waals surface area contributed by atoms with E-state index in [1.54, 1.807) is 32.4 Å². The maximum atomic E-state index is 13.0. The lowest BCUT2D eigenvalue weighted by Gasteiger charge is -2.28. The van der Waals surface area contributed by atoms with E-state index in [1.807, 2.05) is 4.90 Å². The van der Waals surface area contributed by atoms with Crippen molar-refractivity contribution in [2.24, 2.45) is 0 Å². The highest BCUT2D eigenvalue weighted by Gasteiger charge is 2.31. The molecule has 3 rings (SSSR count). The average molecular weight is 318 g/mol. The number of carbonyl (C=O) groups excluding carboxylic acids is 1. The number of hydrogen-bond donors (Lipinski definition) is 0. The molecule has 2 fully saturated rings. The van der Waals surface area contributed by atoms with Crippen LogP contribution in [0.25, 0.3) is 0 Å². The molecule has 0 N–H and O–H groups in total. The highest BCUT2D eigenvalue weighted by molar-refractivity contribution is 5.95. The van der Waals surface area contributed by atoms with Crippen molar-refractivity contribution in [1.29, 1.82) is 0 Å². The Morgan fingerprint density at radius 3 is 2.30 bits per heavy atom. The molecule has 2 heterocycles. The van der Waals surface area contributed by atoms with Gasteiger partial charge in [0.05, 0.1) is 14.2 Å². The monoisotopic (exact) mass is 318 g/mol. The molecule has 0 aromatic heterocycles. The summed E-state index contributed by atoms with van der Waals surface area (Å²) >= 11 is 0. The van der Waals surface area contributed by atoms with Gasteiger partial charge in [0, 0.05) is 30.8 Å². The van der Waals surface area contributed by atoms with E-state index >= 15 is 0 Å². The zero-order valence-electron chi connectivity index (χ0n) is 14.1. The van der Waals surface area contributed by atoms with Gasteiger partial charge < -0.3 is 19.3 Å². The Morgan fingerprint density at radius 1 is 1.04 bits per heavy atom. The summed E-state index contributed by atoms with van der Waals surface area (Å²) in [5.41, 5.74) is 0.648. The lowest BCUT2D eigenvalue weighted by Crippen LogP contribution is -2.42. The SMILES string of the molecule is COc1cc(OC)cc(C(=O)N2CCC[C@H]2CN2CCCC2)c1. The summed E-state index contributed by atoms with van der Waals surface area (Å²) in [6.07, 6.45) is 4.76. The van der Waals surface area contributed by atoms with Gasteiger partial charge in [-0.05, 0) is 50.9 Å². The number of likely N-dealkylation sites (tertiary alicyclic amines) is 2. The summed E-state index contributed by atoms with van der Waals surface area (Å²) in [4.78, 5) is 17.5. The lowest BCUT2D eigenvalue weighted by atomic mass is 10.1. The van der Waals surface area contributed by atoms with Gasteiger partial charge in [0.1, 0.15) is 11.5 Å². The van der Waals surface area contributed by atoms with Gasteiger partial charge >= 0.3 is 0 Å². The smallest absolute Gasteiger partial charge is 0.254 e. The maximum Gasteiger partial charge on any atom is 0.254 e. The van der Waals surface area contributed by atoms with Crippen LogP contribution in [-0.2, 0) is 0 Å². The maximum absolute atomic E-state index is 13.0.